The Morgan fingerprint density at radius 1 is 0.771 bits per heavy atom. The third-order valence-corrected chi connectivity index (χ3v) is 11.2. The fourth-order valence-corrected chi connectivity index (χ4v) is 8.87. The van der Waals surface area contributed by atoms with E-state index in [9.17, 15) is 0 Å². The van der Waals surface area contributed by atoms with E-state index in [0.29, 0.717) is 8.58 Å². The number of hydrogen-bond donors (Lipinski definition) is 0. The summed E-state index contributed by atoms with van der Waals surface area (Å²) in [4.78, 5) is 0. The highest BCUT2D eigenvalue weighted by Crippen LogP contribution is 2.48. The van der Waals surface area contributed by atoms with E-state index in [1.165, 1.54) is 32.3 Å². The van der Waals surface area contributed by atoms with Crippen LogP contribution < -0.4 is 26.0 Å². The Labute approximate surface area is 213 Å². The molecule has 0 N–H and O–H groups in total. The standard InChI is InChI=1S/C31H34O2P2/c1-5-31(3,27-20-12-13-21-28(27)33-23-32-4)34-30-24(2)15-14-22-29(30)35(25-16-8-6-9-17-25)26-18-10-7-11-19-26/h6-22,34H,5,23H2,1-4H3. The fourth-order valence-electron chi connectivity index (χ4n) is 4.38. The first-order chi connectivity index (χ1) is 17.1. The molecule has 2 atom stereocenters. The van der Waals surface area contributed by atoms with Crippen molar-refractivity contribution in [1.82, 2.24) is 0 Å². The minimum absolute atomic E-state index is 0.0560. The number of benzene rings is 4. The Hall–Kier alpha value is -2.50. The monoisotopic (exact) mass is 500 g/mol. The van der Waals surface area contributed by atoms with E-state index in [1.807, 2.05) is 6.07 Å². The van der Waals surface area contributed by atoms with E-state index >= 15 is 0 Å². The lowest BCUT2D eigenvalue weighted by atomic mass is 9.96. The van der Waals surface area contributed by atoms with E-state index in [-0.39, 0.29) is 11.9 Å². The highest BCUT2D eigenvalue weighted by molar-refractivity contribution is 7.81. The van der Waals surface area contributed by atoms with Crippen molar-refractivity contribution in [2.24, 2.45) is 0 Å². The van der Waals surface area contributed by atoms with Gasteiger partial charge >= 0.3 is 0 Å². The van der Waals surface area contributed by atoms with Gasteiger partial charge in [0.1, 0.15) is 5.75 Å². The van der Waals surface area contributed by atoms with Crippen LogP contribution in [0.25, 0.3) is 0 Å². The molecule has 0 heterocycles. The summed E-state index contributed by atoms with van der Waals surface area (Å²) in [6, 6.07) is 37.2. The second-order valence-corrected chi connectivity index (χ2v) is 12.9. The van der Waals surface area contributed by atoms with Crippen molar-refractivity contribution in [3.05, 3.63) is 114 Å². The molecular weight excluding hydrogens is 466 g/mol. The molecule has 0 aliphatic carbocycles. The van der Waals surface area contributed by atoms with Crippen LogP contribution in [0.1, 0.15) is 31.4 Å². The molecule has 4 aromatic carbocycles. The van der Waals surface area contributed by atoms with Crippen LogP contribution in [-0.2, 0) is 9.89 Å². The first kappa shape index (κ1) is 25.6. The molecule has 0 aliphatic rings. The number of hydrogen-bond acceptors (Lipinski definition) is 2. The van der Waals surface area contributed by atoms with E-state index in [1.54, 1.807) is 7.11 Å². The van der Waals surface area contributed by atoms with Gasteiger partial charge < -0.3 is 9.47 Å². The Morgan fingerprint density at radius 2 is 1.37 bits per heavy atom. The molecule has 35 heavy (non-hydrogen) atoms. The summed E-state index contributed by atoms with van der Waals surface area (Å²) < 4.78 is 11.2. The quantitative estimate of drug-likeness (QED) is 0.186. The summed E-state index contributed by atoms with van der Waals surface area (Å²) in [6.07, 6.45) is 1.02. The maximum Gasteiger partial charge on any atom is 0.188 e. The average molecular weight is 501 g/mol. The number of aryl methyl sites for hydroxylation is 1. The molecule has 0 aromatic heterocycles. The molecule has 2 nitrogen and oxygen atoms in total. The lowest BCUT2D eigenvalue weighted by molar-refractivity contribution is 0.0500. The van der Waals surface area contributed by atoms with Gasteiger partial charge in [-0.2, -0.15) is 0 Å². The first-order valence-corrected chi connectivity index (χ1v) is 14.4. The molecule has 0 bridgehead atoms. The van der Waals surface area contributed by atoms with Crippen LogP contribution in [0.3, 0.4) is 0 Å². The maximum absolute atomic E-state index is 6.00. The van der Waals surface area contributed by atoms with Gasteiger partial charge in [0.2, 0.25) is 0 Å². The van der Waals surface area contributed by atoms with E-state index in [2.05, 4.69) is 118 Å². The van der Waals surface area contributed by atoms with Gasteiger partial charge in [0, 0.05) is 17.8 Å². The van der Waals surface area contributed by atoms with Gasteiger partial charge in [0.05, 0.1) is 0 Å². The van der Waals surface area contributed by atoms with Gasteiger partial charge in [-0.05, 0) is 54.1 Å². The zero-order valence-corrected chi connectivity index (χ0v) is 22.9. The molecule has 4 heteroatoms. The van der Waals surface area contributed by atoms with Crippen LogP contribution in [0.5, 0.6) is 5.75 Å². The molecule has 0 saturated heterocycles. The molecule has 2 unspecified atom stereocenters. The van der Waals surface area contributed by atoms with Crippen LogP contribution in [0.4, 0.5) is 0 Å². The summed E-state index contributed by atoms with van der Waals surface area (Å²) in [7, 11) is 1.60. The summed E-state index contributed by atoms with van der Waals surface area (Å²) in [5, 5.41) is 5.63. The Morgan fingerprint density at radius 3 is 1.97 bits per heavy atom. The second-order valence-electron chi connectivity index (χ2n) is 8.83. The highest BCUT2D eigenvalue weighted by Gasteiger charge is 2.31. The molecule has 4 aromatic rings. The molecule has 0 fully saturated rings. The zero-order valence-electron chi connectivity index (χ0n) is 21.0. The van der Waals surface area contributed by atoms with Crippen molar-refractivity contribution in [1.29, 1.82) is 0 Å². The molecule has 0 aliphatic heterocycles. The molecule has 4 rings (SSSR count). The molecular formula is C31H34O2P2. The third-order valence-electron chi connectivity index (χ3n) is 6.44. The van der Waals surface area contributed by atoms with Crippen molar-refractivity contribution in [3.8, 4) is 5.75 Å². The summed E-state index contributed by atoms with van der Waals surface area (Å²) in [6.45, 7) is 7.18. The minimum atomic E-state index is -0.671. The SMILES string of the molecule is CCC(C)(Pc1c(C)cccc1P(c1ccccc1)c1ccccc1)c1ccccc1OCOC. The first-order valence-electron chi connectivity index (χ1n) is 12.1. The molecule has 0 radical (unpaired) electrons. The zero-order chi connectivity index (χ0) is 24.7. The number of para-hydroxylation sites is 1. The summed E-state index contributed by atoms with van der Waals surface area (Å²) in [5.41, 5.74) is 2.60. The van der Waals surface area contributed by atoms with Gasteiger partial charge in [0.15, 0.2) is 6.79 Å². The summed E-state index contributed by atoms with van der Waals surface area (Å²) >= 11 is 0. The molecule has 0 amide bonds. The van der Waals surface area contributed by atoms with Gasteiger partial charge in [-0.25, -0.2) is 0 Å². The van der Waals surface area contributed by atoms with Crippen molar-refractivity contribution in [2.75, 3.05) is 13.9 Å². The number of rotatable bonds is 10. The predicted octanol–water partition coefficient (Wildman–Crippen LogP) is 6.37. The smallest absolute Gasteiger partial charge is 0.188 e. The van der Waals surface area contributed by atoms with Crippen LogP contribution >= 0.6 is 16.5 Å². The van der Waals surface area contributed by atoms with Gasteiger partial charge in [0.25, 0.3) is 0 Å². The highest BCUT2D eigenvalue weighted by atomic mass is 31.1. The predicted molar refractivity (Wildman–Crippen MR) is 154 cm³/mol. The lowest BCUT2D eigenvalue weighted by Gasteiger charge is -2.33. The van der Waals surface area contributed by atoms with E-state index < -0.39 is 7.92 Å². The van der Waals surface area contributed by atoms with Gasteiger partial charge in [-0.1, -0.05) is 119 Å². The largest absolute Gasteiger partial charge is 0.467 e. The van der Waals surface area contributed by atoms with Crippen LogP contribution in [0.2, 0.25) is 0 Å². The number of ether oxygens (including phenoxy) is 2. The second kappa shape index (κ2) is 12.0. The normalized spacial score (nSPS) is 13.3. The van der Waals surface area contributed by atoms with Crippen LogP contribution in [0.15, 0.2) is 103 Å². The van der Waals surface area contributed by atoms with Gasteiger partial charge in [-0.3, -0.25) is 0 Å². The Bertz CT molecular complexity index is 1190. The topological polar surface area (TPSA) is 18.5 Å². The maximum atomic E-state index is 6.00. The van der Waals surface area contributed by atoms with Crippen molar-refractivity contribution in [2.45, 2.75) is 32.3 Å². The van der Waals surface area contributed by atoms with E-state index in [0.717, 1.165) is 12.2 Å². The fraction of sp³-hybridized carbons (Fsp3) is 0.226. The third kappa shape index (κ3) is 5.84. The number of methoxy groups -OCH3 is 1. The van der Waals surface area contributed by atoms with Crippen LogP contribution in [0, 0.1) is 6.92 Å². The van der Waals surface area contributed by atoms with E-state index in [4.69, 9.17) is 9.47 Å². The van der Waals surface area contributed by atoms with Crippen molar-refractivity contribution < 1.29 is 9.47 Å². The molecule has 0 saturated carbocycles. The van der Waals surface area contributed by atoms with Crippen LogP contribution in [-0.4, -0.2) is 13.9 Å². The average Bonchev–Trinajstić information content (AvgIpc) is 2.91. The molecule has 180 valence electrons. The summed E-state index contributed by atoms with van der Waals surface area (Å²) in [5.74, 6) is 0.912. The Kier molecular flexibility index (Phi) is 8.74. The lowest BCUT2D eigenvalue weighted by Crippen LogP contribution is -2.33. The Balaban J connectivity index is 1.84. The minimum Gasteiger partial charge on any atom is -0.467 e. The molecule has 0 spiro atoms. The van der Waals surface area contributed by atoms with Crippen molar-refractivity contribution in [3.63, 3.8) is 0 Å². The van der Waals surface area contributed by atoms with Gasteiger partial charge in [-0.15, -0.1) is 0 Å². The van der Waals surface area contributed by atoms with Crippen molar-refractivity contribution >= 4 is 37.7 Å².